The second kappa shape index (κ2) is 9.04. The van der Waals surface area contributed by atoms with E-state index in [2.05, 4.69) is 34.2 Å². The largest absolute Gasteiger partial charge is 0.497 e. The molecule has 1 fully saturated rings. The van der Waals surface area contributed by atoms with Crippen molar-refractivity contribution >= 4 is 5.91 Å². The Kier molecular flexibility index (Phi) is 7.06. The van der Waals surface area contributed by atoms with Crippen LogP contribution in [0.3, 0.4) is 0 Å². The third-order valence-corrected chi connectivity index (χ3v) is 4.79. The van der Waals surface area contributed by atoms with Crippen molar-refractivity contribution in [2.75, 3.05) is 46.4 Å². The lowest BCUT2D eigenvalue weighted by molar-refractivity contribution is -0.124. The van der Waals surface area contributed by atoms with E-state index < -0.39 is 0 Å². The van der Waals surface area contributed by atoms with E-state index in [0.717, 1.165) is 38.5 Å². The summed E-state index contributed by atoms with van der Waals surface area (Å²) in [6.45, 7) is 12.0. The minimum atomic E-state index is 0.0125. The zero-order valence-electron chi connectivity index (χ0n) is 15.4. The van der Waals surface area contributed by atoms with Crippen LogP contribution in [0.5, 0.6) is 5.75 Å². The number of hydrogen-bond donors (Lipinski definition) is 1. The van der Waals surface area contributed by atoms with Gasteiger partial charge >= 0.3 is 0 Å². The lowest BCUT2D eigenvalue weighted by atomic mass is 10.0. The molecule has 134 valence electrons. The first kappa shape index (κ1) is 18.7. The average Bonchev–Trinajstić information content (AvgIpc) is 2.62. The van der Waals surface area contributed by atoms with Gasteiger partial charge in [0.15, 0.2) is 0 Å². The summed E-state index contributed by atoms with van der Waals surface area (Å²) < 4.78 is 5.26. The Morgan fingerprint density at radius 1 is 1.17 bits per heavy atom. The number of amides is 1. The summed E-state index contributed by atoms with van der Waals surface area (Å²) in [6, 6.07) is 8.41. The van der Waals surface area contributed by atoms with Gasteiger partial charge in [0.05, 0.1) is 13.2 Å². The maximum Gasteiger partial charge on any atom is 0.222 e. The molecule has 0 bridgehead atoms. The molecule has 24 heavy (non-hydrogen) atoms. The number of rotatable bonds is 7. The number of carbonyl (C=O) groups excluding carboxylic acids is 1. The van der Waals surface area contributed by atoms with Crippen molar-refractivity contribution in [1.82, 2.24) is 15.1 Å². The normalized spacial score (nSPS) is 17.7. The van der Waals surface area contributed by atoms with Gasteiger partial charge in [-0.25, -0.2) is 0 Å². The van der Waals surface area contributed by atoms with Crippen molar-refractivity contribution < 1.29 is 9.53 Å². The maximum atomic E-state index is 12.0. The van der Waals surface area contributed by atoms with E-state index in [-0.39, 0.29) is 17.9 Å². The van der Waals surface area contributed by atoms with Crippen molar-refractivity contribution in [2.24, 2.45) is 5.92 Å². The third kappa shape index (κ3) is 4.95. The van der Waals surface area contributed by atoms with Crippen LogP contribution in [-0.4, -0.2) is 62.1 Å². The molecule has 1 amide bonds. The number of hydrogen-bond acceptors (Lipinski definition) is 4. The standard InChI is InChI=1S/C19H31N3O2/c1-5-21-10-12-22(13-11-21)18(14-20-19(23)15(2)3)16-6-8-17(24-4)9-7-16/h6-9,15,18H,5,10-14H2,1-4H3,(H,20,23). The van der Waals surface area contributed by atoms with Crippen LogP contribution in [0.1, 0.15) is 32.4 Å². The second-order valence-electron chi connectivity index (χ2n) is 6.66. The molecule has 0 radical (unpaired) electrons. The highest BCUT2D eigenvalue weighted by atomic mass is 16.5. The molecule has 1 heterocycles. The quantitative estimate of drug-likeness (QED) is 0.830. The van der Waals surface area contributed by atoms with Crippen molar-refractivity contribution in [3.05, 3.63) is 29.8 Å². The molecular formula is C19H31N3O2. The van der Waals surface area contributed by atoms with E-state index in [4.69, 9.17) is 4.74 Å². The van der Waals surface area contributed by atoms with Gasteiger partial charge < -0.3 is 15.0 Å². The minimum absolute atomic E-state index is 0.0125. The second-order valence-corrected chi connectivity index (χ2v) is 6.66. The predicted octanol–water partition coefficient (Wildman–Crippen LogP) is 2.15. The monoisotopic (exact) mass is 333 g/mol. The van der Waals surface area contributed by atoms with E-state index in [1.807, 2.05) is 26.0 Å². The molecule has 1 N–H and O–H groups in total. The molecule has 1 aromatic carbocycles. The third-order valence-electron chi connectivity index (χ3n) is 4.79. The van der Waals surface area contributed by atoms with Gasteiger partial charge in [-0.1, -0.05) is 32.9 Å². The summed E-state index contributed by atoms with van der Waals surface area (Å²) in [5.41, 5.74) is 1.23. The van der Waals surface area contributed by atoms with Crippen LogP contribution < -0.4 is 10.1 Å². The fraction of sp³-hybridized carbons (Fsp3) is 0.632. The summed E-state index contributed by atoms with van der Waals surface area (Å²) in [6.07, 6.45) is 0. The first-order chi connectivity index (χ1) is 11.5. The number of carbonyl (C=O) groups is 1. The van der Waals surface area contributed by atoms with Crippen LogP contribution in [0.15, 0.2) is 24.3 Å². The summed E-state index contributed by atoms with van der Waals surface area (Å²) >= 11 is 0. The number of methoxy groups -OCH3 is 1. The van der Waals surface area contributed by atoms with Gasteiger partial charge in [0.2, 0.25) is 5.91 Å². The molecule has 0 aliphatic carbocycles. The van der Waals surface area contributed by atoms with Crippen molar-refractivity contribution in [3.63, 3.8) is 0 Å². The molecule has 1 atom stereocenters. The fourth-order valence-electron chi connectivity index (χ4n) is 3.08. The average molecular weight is 333 g/mol. The highest BCUT2D eigenvalue weighted by Crippen LogP contribution is 2.24. The predicted molar refractivity (Wildman–Crippen MR) is 97.3 cm³/mol. The summed E-state index contributed by atoms with van der Waals surface area (Å²) in [4.78, 5) is 16.9. The van der Waals surface area contributed by atoms with E-state index in [0.29, 0.717) is 6.54 Å². The Hall–Kier alpha value is -1.59. The Bertz CT molecular complexity index is 508. The van der Waals surface area contributed by atoms with Crippen LogP contribution >= 0.6 is 0 Å². The lowest BCUT2D eigenvalue weighted by Gasteiger charge is -2.39. The Balaban J connectivity index is 2.09. The van der Waals surface area contributed by atoms with Gasteiger partial charge in [-0.05, 0) is 24.2 Å². The molecule has 1 unspecified atom stereocenters. The highest BCUT2D eigenvalue weighted by molar-refractivity contribution is 5.77. The van der Waals surface area contributed by atoms with Crippen LogP contribution in [0.25, 0.3) is 0 Å². The Morgan fingerprint density at radius 3 is 2.29 bits per heavy atom. The van der Waals surface area contributed by atoms with Crippen LogP contribution in [0.2, 0.25) is 0 Å². The molecule has 0 spiro atoms. The SMILES string of the molecule is CCN1CCN(C(CNC(=O)C(C)C)c2ccc(OC)cc2)CC1. The van der Waals surface area contributed by atoms with Gasteiger partial charge in [-0.15, -0.1) is 0 Å². The number of ether oxygens (including phenoxy) is 1. The van der Waals surface area contributed by atoms with Crippen molar-refractivity contribution in [3.8, 4) is 5.75 Å². The van der Waals surface area contributed by atoms with Gasteiger partial charge in [0.1, 0.15) is 5.75 Å². The highest BCUT2D eigenvalue weighted by Gasteiger charge is 2.25. The fourth-order valence-corrected chi connectivity index (χ4v) is 3.08. The zero-order valence-corrected chi connectivity index (χ0v) is 15.4. The van der Waals surface area contributed by atoms with Crippen molar-refractivity contribution in [1.29, 1.82) is 0 Å². The molecule has 0 aromatic heterocycles. The number of piperazine rings is 1. The van der Waals surface area contributed by atoms with Crippen LogP contribution in [0.4, 0.5) is 0 Å². The zero-order chi connectivity index (χ0) is 17.5. The number of likely N-dealkylation sites (N-methyl/N-ethyl adjacent to an activating group) is 1. The molecular weight excluding hydrogens is 302 g/mol. The van der Waals surface area contributed by atoms with E-state index in [1.54, 1.807) is 7.11 Å². The van der Waals surface area contributed by atoms with Crippen LogP contribution in [0, 0.1) is 5.92 Å². The van der Waals surface area contributed by atoms with Gasteiger partial charge in [-0.2, -0.15) is 0 Å². The number of nitrogens with one attached hydrogen (secondary N) is 1. The first-order valence-corrected chi connectivity index (χ1v) is 8.93. The van der Waals surface area contributed by atoms with Crippen molar-refractivity contribution in [2.45, 2.75) is 26.8 Å². The molecule has 2 rings (SSSR count). The summed E-state index contributed by atoms with van der Waals surface area (Å²) in [5.74, 6) is 0.985. The number of benzene rings is 1. The topological polar surface area (TPSA) is 44.8 Å². The molecule has 1 aliphatic heterocycles. The maximum absolute atomic E-state index is 12.0. The molecule has 1 saturated heterocycles. The van der Waals surface area contributed by atoms with Gasteiger partial charge in [0, 0.05) is 38.6 Å². The lowest BCUT2D eigenvalue weighted by Crippen LogP contribution is -2.49. The molecule has 5 nitrogen and oxygen atoms in total. The molecule has 1 aliphatic rings. The van der Waals surface area contributed by atoms with E-state index >= 15 is 0 Å². The molecule has 5 heteroatoms. The minimum Gasteiger partial charge on any atom is -0.497 e. The molecule has 1 aromatic rings. The number of nitrogens with zero attached hydrogens (tertiary/aromatic N) is 2. The smallest absolute Gasteiger partial charge is 0.222 e. The Labute approximate surface area is 146 Å². The van der Waals surface area contributed by atoms with E-state index in [9.17, 15) is 4.79 Å². The van der Waals surface area contributed by atoms with Gasteiger partial charge in [-0.3, -0.25) is 9.69 Å². The first-order valence-electron chi connectivity index (χ1n) is 8.93. The molecule has 0 saturated carbocycles. The van der Waals surface area contributed by atoms with Gasteiger partial charge in [0.25, 0.3) is 0 Å². The summed E-state index contributed by atoms with van der Waals surface area (Å²) in [7, 11) is 1.68. The van der Waals surface area contributed by atoms with Crippen LogP contribution in [-0.2, 0) is 4.79 Å². The van der Waals surface area contributed by atoms with E-state index in [1.165, 1.54) is 5.56 Å². The Morgan fingerprint density at radius 2 is 1.79 bits per heavy atom. The summed E-state index contributed by atoms with van der Waals surface area (Å²) in [5, 5.41) is 3.11.